The third kappa shape index (κ3) is 5.31. The zero-order chi connectivity index (χ0) is 21.6. The summed E-state index contributed by atoms with van der Waals surface area (Å²) in [6.45, 7) is 0. The van der Waals surface area contributed by atoms with Crippen molar-refractivity contribution in [1.29, 1.82) is 0 Å². The Balaban J connectivity index is 1.38. The van der Waals surface area contributed by atoms with Gasteiger partial charge >= 0.3 is 0 Å². The third-order valence-corrected chi connectivity index (χ3v) is 9.32. The van der Waals surface area contributed by atoms with Crippen LogP contribution in [-0.4, -0.2) is 24.2 Å². The second-order valence-electron chi connectivity index (χ2n) is 11.5. The highest BCUT2D eigenvalue weighted by molar-refractivity contribution is 5.58. The Morgan fingerprint density at radius 3 is 0.781 bits per heavy atom. The smallest absolute Gasteiger partial charge is 0.0372 e. The fraction of sp³-hybridized carbons (Fsp3) is 0.800. The van der Waals surface area contributed by atoms with Crippen LogP contribution in [0.25, 0.3) is 0 Å². The van der Waals surface area contributed by atoms with Crippen LogP contribution in [0.3, 0.4) is 0 Å². The van der Waals surface area contributed by atoms with Crippen molar-refractivity contribution in [3.63, 3.8) is 0 Å². The van der Waals surface area contributed by atoms with E-state index in [9.17, 15) is 0 Å². The van der Waals surface area contributed by atoms with Crippen molar-refractivity contribution in [3.8, 4) is 0 Å². The van der Waals surface area contributed by atoms with Crippen LogP contribution < -0.4 is 9.80 Å². The first kappa shape index (κ1) is 22.6. The first-order valence-corrected chi connectivity index (χ1v) is 14.6. The molecule has 2 heteroatoms. The average Bonchev–Trinajstić information content (AvgIpc) is 2.88. The Labute approximate surface area is 198 Å². The summed E-state index contributed by atoms with van der Waals surface area (Å²) in [6, 6.07) is 13.2. The van der Waals surface area contributed by atoms with Crippen LogP contribution >= 0.6 is 0 Å². The Morgan fingerprint density at radius 2 is 0.562 bits per heavy atom. The summed E-state index contributed by atoms with van der Waals surface area (Å²) in [5, 5.41) is 0. The van der Waals surface area contributed by atoms with Crippen LogP contribution in [0.4, 0.5) is 11.4 Å². The molecule has 0 aliphatic heterocycles. The largest absolute Gasteiger partial charge is 0.366 e. The van der Waals surface area contributed by atoms with Crippen molar-refractivity contribution in [2.24, 2.45) is 0 Å². The summed E-state index contributed by atoms with van der Waals surface area (Å²) in [7, 11) is 0. The maximum atomic E-state index is 2.91. The van der Waals surface area contributed by atoms with Gasteiger partial charge < -0.3 is 9.80 Å². The molecule has 0 unspecified atom stereocenters. The second kappa shape index (κ2) is 11.3. The molecule has 1 aromatic carbocycles. The van der Waals surface area contributed by atoms with Gasteiger partial charge in [-0.15, -0.1) is 0 Å². The van der Waals surface area contributed by atoms with E-state index >= 15 is 0 Å². The molecule has 32 heavy (non-hydrogen) atoms. The lowest BCUT2D eigenvalue weighted by molar-refractivity contribution is 0.338. The van der Waals surface area contributed by atoms with Gasteiger partial charge in [0, 0.05) is 35.5 Å². The maximum absolute atomic E-state index is 2.91. The monoisotopic (exact) mass is 436 g/mol. The number of nitrogens with zero attached hydrogens (tertiary/aromatic N) is 2. The standard InChI is InChI=1S/C30H48N2/c1-5-13-25(14-6-1)31(26-15-7-2-8-16-26)29-21-23-30(24-22-29)32(27-17-9-3-10-18-27)28-19-11-4-12-20-28/h21-28H,1-20H2. The summed E-state index contributed by atoms with van der Waals surface area (Å²) >= 11 is 0. The third-order valence-electron chi connectivity index (χ3n) is 9.32. The van der Waals surface area contributed by atoms with Crippen LogP contribution in [0.15, 0.2) is 24.3 Å². The van der Waals surface area contributed by atoms with Crippen molar-refractivity contribution >= 4 is 11.4 Å². The number of benzene rings is 1. The van der Waals surface area contributed by atoms with Crippen LogP contribution in [0, 0.1) is 0 Å². The first-order chi connectivity index (χ1) is 15.9. The quantitative estimate of drug-likeness (QED) is 0.440. The van der Waals surface area contributed by atoms with E-state index in [0.29, 0.717) is 0 Å². The number of hydrogen-bond acceptors (Lipinski definition) is 2. The number of rotatable bonds is 6. The Kier molecular flexibility index (Phi) is 7.98. The lowest BCUT2D eigenvalue weighted by atomic mass is 9.87. The van der Waals surface area contributed by atoms with Crippen molar-refractivity contribution < 1.29 is 0 Å². The van der Waals surface area contributed by atoms with E-state index in [1.807, 2.05) is 0 Å². The molecule has 0 radical (unpaired) electrons. The molecular formula is C30H48N2. The SMILES string of the molecule is c1cc(N(C2CCCCC2)C2CCCCC2)ccc1N(C1CCCCC1)C1CCCCC1. The summed E-state index contributed by atoms with van der Waals surface area (Å²) in [5.41, 5.74) is 3.06. The van der Waals surface area contributed by atoms with Crippen molar-refractivity contribution in [2.45, 2.75) is 153 Å². The molecule has 0 bridgehead atoms. The van der Waals surface area contributed by atoms with Gasteiger partial charge in [-0.1, -0.05) is 77.0 Å². The van der Waals surface area contributed by atoms with Gasteiger partial charge in [0.2, 0.25) is 0 Å². The van der Waals surface area contributed by atoms with E-state index in [0.717, 1.165) is 24.2 Å². The highest BCUT2D eigenvalue weighted by Gasteiger charge is 2.31. The molecule has 5 rings (SSSR count). The molecule has 0 aromatic heterocycles. The van der Waals surface area contributed by atoms with Gasteiger partial charge in [-0.2, -0.15) is 0 Å². The molecule has 0 saturated heterocycles. The minimum Gasteiger partial charge on any atom is -0.366 e. The summed E-state index contributed by atoms with van der Waals surface area (Å²) in [6.07, 6.45) is 28.6. The van der Waals surface area contributed by atoms with Gasteiger partial charge in [0.05, 0.1) is 0 Å². The second-order valence-corrected chi connectivity index (χ2v) is 11.5. The zero-order valence-electron chi connectivity index (χ0n) is 20.7. The molecule has 1 aromatic rings. The Morgan fingerprint density at radius 1 is 0.344 bits per heavy atom. The van der Waals surface area contributed by atoms with E-state index in [-0.39, 0.29) is 0 Å². The van der Waals surface area contributed by atoms with Crippen LogP contribution in [0.2, 0.25) is 0 Å². The Hall–Kier alpha value is -1.18. The predicted molar refractivity (Wildman–Crippen MR) is 139 cm³/mol. The maximum Gasteiger partial charge on any atom is 0.0372 e. The molecule has 0 amide bonds. The van der Waals surface area contributed by atoms with Gasteiger partial charge in [-0.05, 0) is 75.6 Å². The molecule has 0 atom stereocenters. The van der Waals surface area contributed by atoms with E-state index in [1.54, 1.807) is 0 Å². The van der Waals surface area contributed by atoms with E-state index < -0.39 is 0 Å². The summed E-state index contributed by atoms with van der Waals surface area (Å²) in [5.74, 6) is 0. The average molecular weight is 437 g/mol. The topological polar surface area (TPSA) is 6.48 Å². The number of anilines is 2. The predicted octanol–water partition coefficient (Wildman–Crippen LogP) is 8.63. The van der Waals surface area contributed by atoms with E-state index in [1.165, 1.54) is 140 Å². The minimum absolute atomic E-state index is 0.783. The van der Waals surface area contributed by atoms with Crippen LogP contribution in [0.1, 0.15) is 128 Å². The lowest BCUT2D eigenvalue weighted by Gasteiger charge is -2.45. The molecule has 0 N–H and O–H groups in total. The molecule has 2 nitrogen and oxygen atoms in total. The fourth-order valence-corrected chi connectivity index (χ4v) is 7.67. The minimum atomic E-state index is 0.783. The summed E-state index contributed by atoms with van der Waals surface area (Å²) < 4.78 is 0. The highest BCUT2D eigenvalue weighted by Crippen LogP contribution is 2.38. The van der Waals surface area contributed by atoms with E-state index in [2.05, 4.69) is 34.1 Å². The van der Waals surface area contributed by atoms with Gasteiger partial charge in [0.25, 0.3) is 0 Å². The molecular weight excluding hydrogens is 388 g/mol. The van der Waals surface area contributed by atoms with Crippen molar-refractivity contribution in [3.05, 3.63) is 24.3 Å². The van der Waals surface area contributed by atoms with Gasteiger partial charge in [-0.3, -0.25) is 0 Å². The first-order valence-electron chi connectivity index (χ1n) is 14.6. The molecule has 4 saturated carbocycles. The molecule has 4 aliphatic carbocycles. The molecule has 0 spiro atoms. The van der Waals surface area contributed by atoms with Crippen LogP contribution in [-0.2, 0) is 0 Å². The van der Waals surface area contributed by atoms with Gasteiger partial charge in [0.15, 0.2) is 0 Å². The Bertz CT molecular complexity index is 564. The van der Waals surface area contributed by atoms with Gasteiger partial charge in [0.1, 0.15) is 0 Å². The van der Waals surface area contributed by atoms with E-state index in [4.69, 9.17) is 0 Å². The summed E-state index contributed by atoms with van der Waals surface area (Å²) in [4.78, 5) is 5.82. The van der Waals surface area contributed by atoms with Crippen molar-refractivity contribution in [2.75, 3.05) is 9.80 Å². The van der Waals surface area contributed by atoms with Gasteiger partial charge in [-0.25, -0.2) is 0 Å². The molecule has 4 aliphatic rings. The molecule has 4 fully saturated rings. The normalized spacial score (nSPS) is 25.0. The van der Waals surface area contributed by atoms with Crippen molar-refractivity contribution in [1.82, 2.24) is 0 Å². The molecule has 0 heterocycles. The highest BCUT2D eigenvalue weighted by atomic mass is 15.2. The molecule has 178 valence electrons. The van der Waals surface area contributed by atoms with Crippen LogP contribution in [0.5, 0.6) is 0 Å². The fourth-order valence-electron chi connectivity index (χ4n) is 7.67. The lowest BCUT2D eigenvalue weighted by Crippen LogP contribution is -2.46. The zero-order valence-corrected chi connectivity index (χ0v) is 20.7. The number of hydrogen-bond donors (Lipinski definition) is 0.